The Labute approximate surface area is 174 Å². The number of urea groups is 1. The zero-order valence-corrected chi connectivity index (χ0v) is 17.1. The molecule has 2 aromatic rings. The first kappa shape index (κ1) is 23.1. The second kappa shape index (κ2) is 11.1. The van der Waals surface area contributed by atoms with Crippen molar-refractivity contribution in [1.82, 2.24) is 15.5 Å². The van der Waals surface area contributed by atoms with Crippen molar-refractivity contribution in [2.75, 3.05) is 19.0 Å². The molecule has 0 saturated carbocycles. The van der Waals surface area contributed by atoms with Crippen LogP contribution in [-0.2, 0) is 14.8 Å². The number of benzene rings is 2. The molecule has 10 nitrogen and oxygen atoms in total. The number of rotatable bonds is 10. The molecule has 5 N–H and O–H groups in total. The van der Waals surface area contributed by atoms with Gasteiger partial charge in [-0.2, -0.15) is 4.72 Å². The second-order valence-corrected chi connectivity index (χ2v) is 7.93. The maximum absolute atomic E-state index is 12.5. The normalized spacial score (nSPS) is 11.9. The molecule has 0 aliphatic carbocycles. The van der Waals surface area contributed by atoms with Gasteiger partial charge < -0.3 is 15.4 Å². The number of hydrogen-bond acceptors (Lipinski definition) is 6. The van der Waals surface area contributed by atoms with Crippen LogP contribution in [0.4, 0.5) is 10.5 Å². The number of ether oxygens (including phenoxy) is 1. The maximum atomic E-state index is 12.5. The zero-order chi connectivity index (χ0) is 22.0. The molecule has 0 aromatic heterocycles. The maximum Gasteiger partial charge on any atom is 0.319 e. The third kappa shape index (κ3) is 7.03. The summed E-state index contributed by atoms with van der Waals surface area (Å²) in [5, 5.41) is 14.2. The molecule has 0 radical (unpaired) electrons. The Morgan fingerprint density at radius 2 is 1.73 bits per heavy atom. The van der Waals surface area contributed by atoms with Gasteiger partial charge in [-0.15, -0.1) is 0 Å². The van der Waals surface area contributed by atoms with E-state index in [0.29, 0.717) is 11.4 Å². The van der Waals surface area contributed by atoms with Gasteiger partial charge in [0.2, 0.25) is 10.0 Å². The lowest BCUT2D eigenvalue weighted by molar-refractivity contribution is -0.131. The summed E-state index contributed by atoms with van der Waals surface area (Å²) in [4.78, 5) is 23.7. The number of para-hydroxylation sites is 1. The van der Waals surface area contributed by atoms with Gasteiger partial charge in [0.15, 0.2) is 0 Å². The summed E-state index contributed by atoms with van der Waals surface area (Å²) in [7, 11) is -2.56. The summed E-state index contributed by atoms with van der Waals surface area (Å²) < 4.78 is 32.3. The van der Waals surface area contributed by atoms with Crippen molar-refractivity contribution in [3.63, 3.8) is 0 Å². The number of carbonyl (C=O) groups is 2. The third-order valence-corrected chi connectivity index (χ3v) is 5.57. The fourth-order valence-corrected chi connectivity index (χ4v) is 3.77. The highest BCUT2D eigenvalue weighted by molar-refractivity contribution is 7.89. The number of carbonyl (C=O) groups excluding carboxylic acids is 2. The van der Waals surface area contributed by atoms with E-state index in [9.17, 15) is 18.0 Å². The Bertz CT molecular complexity index is 935. The number of anilines is 1. The van der Waals surface area contributed by atoms with E-state index in [2.05, 4.69) is 15.4 Å². The molecule has 0 heterocycles. The summed E-state index contributed by atoms with van der Waals surface area (Å²) in [6.07, 6.45) is 0.332. The van der Waals surface area contributed by atoms with Crippen LogP contribution in [0.25, 0.3) is 0 Å². The Morgan fingerprint density at radius 3 is 2.33 bits per heavy atom. The fourth-order valence-electron chi connectivity index (χ4n) is 2.54. The zero-order valence-electron chi connectivity index (χ0n) is 16.3. The predicted molar refractivity (Wildman–Crippen MR) is 110 cm³/mol. The van der Waals surface area contributed by atoms with E-state index >= 15 is 0 Å². The van der Waals surface area contributed by atoms with Crippen molar-refractivity contribution in [3.05, 3.63) is 54.6 Å². The number of hydrogen-bond donors (Lipinski definition) is 5. The Hall–Kier alpha value is -3.15. The fraction of sp³-hybridized carbons (Fsp3) is 0.263. The molecule has 162 valence electrons. The van der Waals surface area contributed by atoms with Gasteiger partial charge in [0.05, 0.1) is 12.0 Å². The Balaban J connectivity index is 1.89. The summed E-state index contributed by atoms with van der Waals surface area (Å²) in [5.74, 6) is -0.417. The van der Waals surface area contributed by atoms with Crippen LogP contribution < -0.4 is 25.6 Å². The van der Waals surface area contributed by atoms with E-state index < -0.39 is 28.0 Å². The van der Waals surface area contributed by atoms with Crippen LogP contribution in [-0.4, -0.2) is 45.3 Å². The van der Waals surface area contributed by atoms with Gasteiger partial charge in [0.1, 0.15) is 11.8 Å². The minimum atomic E-state index is -4.01. The molecule has 2 aromatic carbocycles. The van der Waals surface area contributed by atoms with Crippen molar-refractivity contribution < 1.29 is 28.0 Å². The van der Waals surface area contributed by atoms with Crippen molar-refractivity contribution in [1.29, 1.82) is 0 Å². The van der Waals surface area contributed by atoms with E-state index in [0.717, 1.165) is 0 Å². The third-order valence-electron chi connectivity index (χ3n) is 4.08. The van der Waals surface area contributed by atoms with Gasteiger partial charge in [0, 0.05) is 12.2 Å². The summed E-state index contributed by atoms with van der Waals surface area (Å²) in [6, 6.07) is 12.8. The lowest BCUT2D eigenvalue weighted by atomic mass is 10.1. The standard InChI is InChI=1S/C19H24N4O6S/c1-29-15-9-11-16(12-10-15)30(27,28)23-17(18(24)22-26)8-5-13-20-19(25)21-14-6-3-2-4-7-14/h2-4,6-7,9-12,17,23,26H,5,8,13H2,1H3,(H,22,24)(H2,20,21,25)/t17-/m1/s1. The lowest BCUT2D eigenvalue weighted by Crippen LogP contribution is -2.46. The van der Waals surface area contributed by atoms with E-state index in [1.165, 1.54) is 36.9 Å². The van der Waals surface area contributed by atoms with Crippen LogP contribution in [0.5, 0.6) is 5.75 Å². The highest BCUT2D eigenvalue weighted by atomic mass is 32.2. The first-order valence-electron chi connectivity index (χ1n) is 9.06. The Morgan fingerprint density at radius 1 is 1.07 bits per heavy atom. The predicted octanol–water partition coefficient (Wildman–Crippen LogP) is 1.45. The minimum absolute atomic E-state index is 0.0490. The van der Waals surface area contributed by atoms with Crippen LogP contribution in [0, 0.1) is 0 Å². The molecule has 0 aliphatic heterocycles. The average Bonchev–Trinajstić information content (AvgIpc) is 2.76. The highest BCUT2D eigenvalue weighted by Crippen LogP contribution is 2.16. The summed E-state index contributed by atoms with van der Waals surface area (Å²) in [5.41, 5.74) is 2.08. The Kier molecular flexibility index (Phi) is 8.59. The van der Waals surface area contributed by atoms with Crippen LogP contribution >= 0.6 is 0 Å². The average molecular weight is 436 g/mol. The number of amides is 3. The highest BCUT2D eigenvalue weighted by Gasteiger charge is 2.25. The van der Waals surface area contributed by atoms with Gasteiger partial charge in [-0.25, -0.2) is 18.7 Å². The molecule has 1 atom stereocenters. The van der Waals surface area contributed by atoms with Gasteiger partial charge in [0.25, 0.3) is 5.91 Å². The van der Waals surface area contributed by atoms with Crippen molar-refractivity contribution in [2.45, 2.75) is 23.8 Å². The van der Waals surface area contributed by atoms with Crippen molar-refractivity contribution >= 4 is 27.6 Å². The molecule has 3 amide bonds. The van der Waals surface area contributed by atoms with E-state index in [1.54, 1.807) is 24.3 Å². The molecule has 30 heavy (non-hydrogen) atoms. The van der Waals surface area contributed by atoms with Crippen LogP contribution in [0.1, 0.15) is 12.8 Å². The molecule has 0 bridgehead atoms. The number of sulfonamides is 1. The first-order valence-corrected chi connectivity index (χ1v) is 10.5. The van der Waals surface area contributed by atoms with Gasteiger partial charge in [-0.3, -0.25) is 10.0 Å². The van der Waals surface area contributed by atoms with Crippen LogP contribution in [0.15, 0.2) is 59.5 Å². The van der Waals surface area contributed by atoms with E-state index in [-0.39, 0.29) is 24.3 Å². The molecular weight excluding hydrogens is 412 g/mol. The largest absolute Gasteiger partial charge is 0.497 e. The molecule has 0 aliphatic rings. The van der Waals surface area contributed by atoms with E-state index in [4.69, 9.17) is 9.94 Å². The van der Waals surface area contributed by atoms with Crippen molar-refractivity contribution in [2.24, 2.45) is 0 Å². The molecule has 2 rings (SSSR count). The van der Waals surface area contributed by atoms with Gasteiger partial charge >= 0.3 is 6.03 Å². The topological polar surface area (TPSA) is 146 Å². The summed E-state index contributed by atoms with van der Waals surface area (Å²) >= 11 is 0. The minimum Gasteiger partial charge on any atom is -0.497 e. The monoisotopic (exact) mass is 436 g/mol. The smallest absolute Gasteiger partial charge is 0.319 e. The SMILES string of the molecule is COc1ccc(S(=O)(=O)N[C@H](CCCNC(=O)Nc2ccccc2)C(=O)NO)cc1. The molecular formula is C19H24N4O6S. The summed E-state index contributed by atoms with van der Waals surface area (Å²) in [6.45, 7) is 0.193. The number of methoxy groups -OCH3 is 1. The molecule has 0 saturated heterocycles. The molecule has 11 heteroatoms. The molecule has 0 fully saturated rings. The molecule has 0 unspecified atom stereocenters. The molecule has 0 spiro atoms. The van der Waals surface area contributed by atoms with Crippen LogP contribution in [0.3, 0.4) is 0 Å². The van der Waals surface area contributed by atoms with Crippen LogP contribution in [0.2, 0.25) is 0 Å². The van der Waals surface area contributed by atoms with Gasteiger partial charge in [-0.1, -0.05) is 18.2 Å². The lowest BCUT2D eigenvalue weighted by Gasteiger charge is -2.17. The first-order chi connectivity index (χ1) is 14.4. The number of hydroxylamine groups is 1. The van der Waals surface area contributed by atoms with E-state index in [1.807, 2.05) is 6.07 Å². The van der Waals surface area contributed by atoms with Gasteiger partial charge in [-0.05, 0) is 49.2 Å². The second-order valence-electron chi connectivity index (χ2n) is 6.21. The van der Waals surface area contributed by atoms with Crippen molar-refractivity contribution in [3.8, 4) is 5.75 Å². The number of nitrogens with one attached hydrogen (secondary N) is 4. The quantitative estimate of drug-likeness (QED) is 0.216.